The molecule has 0 amide bonds. The van der Waals surface area contributed by atoms with E-state index < -0.39 is 0 Å². The van der Waals surface area contributed by atoms with Crippen LogP contribution in [0.5, 0.6) is 5.75 Å². The van der Waals surface area contributed by atoms with Gasteiger partial charge in [-0.2, -0.15) is 0 Å². The number of para-hydroxylation sites is 1. The highest BCUT2D eigenvalue weighted by molar-refractivity contribution is 9.10. The summed E-state index contributed by atoms with van der Waals surface area (Å²) in [6, 6.07) is 13.6. The normalized spacial score (nSPS) is 10.3. The minimum atomic E-state index is 0.505. The average molecular weight is 308 g/mol. The molecule has 0 aliphatic carbocycles. The first-order valence-corrected chi connectivity index (χ1v) is 6.50. The molecular formula is C14H14BrNO2. The van der Waals surface area contributed by atoms with E-state index in [4.69, 9.17) is 9.47 Å². The molecule has 3 nitrogen and oxygen atoms in total. The van der Waals surface area contributed by atoms with Crippen molar-refractivity contribution >= 4 is 15.9 Å². The minimum Gasteiger partial charge on any atom is -0.491 e. The lowest BCUT2D eigenvalue weighted by molar-refractivity contribution is 0.0869. The van der Waals surface area contributed by atoms with Crippen LogP contribution in [-0.4, -0.2) is 18.2 Å². The van der Waals surface area contributed by atoms with Gasteiger partial charge in [0.2, 0.25) is 0 Å². The van der Waals surface area contributed by atoms with Crippen LogP contribution in [-0.2, 0) is 11.3 Å². The second-order valence-electron chi connectivity index (χ2n) is 3.68. The molecule has 0 unspecified atom stereocenters. The zero-order valence-electron chi connectivity index (χ0n) is 9.88. The van der Waals surface area contributed by atoms with Crippen LogP contribution >= 0.6 is 15.9 Å². The molecule has 0 radical (unpaired) electrons. The van der Waals surface area contributed by atoms with Crippen molar-refractivity contribution in [2.45, 2.75) is 6.61 Å². The van der Waals surface area contributed by atoms with Gasteiger partial charge in [0.25, 0.3) is 0 Å². The van der Waals surface area contributed by atoms with E-state index in [1.807, 2.05) is 42.5 Å². The van der Waals surface area contributed by atoms with Crippen LogP contribution < -0.4 is 4.74 Å². The first-order chi connectivity index (χ1) is 8.84. The van der Waals surface area contributed by atoms with Crippen molar-refractivity contribution in [3.05, 3.63) is 58.8 Å². The quantitative estimate of drug-likeness (QED) is 0.766. The molecule has 0 atom stereocenters. The average Bonchev–Trinajstić information content (AvgIpc) is 2.42. The first-order valence-electron chi connectivity index (χ1n) is 5.70. The Balaban J connectivity index is 1.63. The topological polar surface area (TPSA) is 31.4 Å². The fourth-order valence-electron chi connectivity index (χ4n) is 1.40. The van der Waals surface area contributed by atoms with E-state index in [2.05, 4.69) is 20.9 Å². The van der Waals surface area contributed by atoms with Crippen molar-refractivity contribution in [1.29, 1.82) is 0 Å². The van der Waals surface area contributed by atoms with E-state index in [0.29, 0.717) is 19.8 Å². The molecule has 0 aliphatic heterocycles. The molecule has 2 rings (SSSR count). The molecule has 0 saturated carbocycles. The highest BCUT2D eigenvalue weighted by atomic mass is 79.9. The molecular weight excluding hydrogens is 294 g/mol. The summed E-state index contributed by atoms with van der Waals surface area (Å²) >= 11 is 3.34. The van der Waals surface area contributed by atoms with Crippen LogP contribution in [0.4, 0.5) is 0 Å². The van der Waals surface area contributed by atoms with Crippen molar-refractivity contribution in [3.63, 3.8) is 0 Å². The van der Waals surface area contributed by atoms with Gasteiger partial charge in [-0.25, -0.2) is 0 Å². The van der Waals surface area contributed by atoms with Gasteiger partial charge in [0, 0.05) is 10.7 Å². The first kappa shape index (κ1) is 13.1. The second-order valence-corrected chi connectivity index (χ2v) is 4.60. The summed E-state index contributed by atoms with van der Waals surface area (Å²) < 4.78 is 12.0. The van der Waals surface area contributed by atoms with E-state index in [-0.39, 0.29) is 0 Å². The molecule has 0 bridgehead atoms. The van der Waals surface area contributed by atoms with Gasteiger partial charge >= 0.3 is 0 Å². The fraction of sp³-hybridized carbons (Fsp3) is 0.214. The van der Waals surface area contributed by atoms with Crippen molar-refractivity contribution in [2.75, 3.05) is 13.2 Å². The van der Waals surface area contributed by atoms with E-state index in [1.54, 1.807) is 6.20 Å². The number of rotatable bonds is 6. The molecule has 1 aromatic heterocycles. The molecule has 0 aliphatic rings. The Morgan fingerprint density at radius 3 is 2.56 bits per heavy atom. The molecule has 0 fully saturated rings. The van der Waals surface area contributed by atoms with Gasteiger partial charge in [-0.3, -0.25) is 4.98 Å². The van der Waals surface area contributed by atoms with Gasteiger partial charge in [-0.05, 0) is 40.2 Å². The Morgan fingerprint density at radius 2 is 1.83 bits per heavy atom. The standard InChI is InChI=1S/C14H14BrNO2/c15-12-6-7-13(16-10-12)11-17-8-9-18-14-4-2-1-3-5-14/h1-7,10H,8-9,11H2. The molecule has 0 saturated heterocycles. The SMILES string of the molecule is Brc1ccc(COCCOc2ccccc2)nc1. The maximum atomic E-state index is 5.51. The maximum Gasteiger partial charge on any atom is 0.119 e. The predicted octanol–water partition coefficient (Wildman–Crippen LogP) is 3.44. The lowest BCUT2D eigenvalue weighted by Gasteiger charge is -2.06. The van der Waals surface area contributed by atoms with Crippen LogP contribution in [0.3, 0.4) is 0 Å². The van der Waals surface area contributed by atoms with Gasteiger partial charge in [-0.1, -0.05) is 18.2 Å². The van der Waals surface area contributed by atoms with Crippen molar-refractivity contribution in [3.8, 4) is 5.75 Å². The highest BCUT2D eigenvalue weighted by Crippen LogP contribution is 2.09. The van der Waals surface area contributed by atoms with Crippen molar-refractivity contribution in [1.82, 2.24) is 4.98 Å². The van der Waals surface area contributed by atoms with Gasteiger partial charge in [0.05, 0.1) is 18.9 Å². The van der Waals surface area contributed by atoms with Gasteiger partial charge in [-0.15, -0.1) is 0 Å². The Kier molecular flexibility index (Phi) is 5.17. The van der Waals surface area contributed by atoms with E-state index in [0.717, 1.165) is 15.9 Å². The monoisotopic (exact) mass is 307 g/mol. The third-order valence-corrected chi connectivity index (χ3v) is 2.75. The Bertz CT molecular complexity index is 459. The van der Waals surface area contributed by atoms with Crippen LogP contribution in [0, 0.1) is 0 Å². The molecule has 2 aromatic rings. The molecule has 0 N–H and O–H groups in total. The van der Waals surface area contributed by atoms with Crippen LogP contribution in [0.25, 0.3) is 0 Å². The molecule has 94 valence electrons. The van der Waals surface area contributed by atoms with E-state index in [9.17, 15) is 0 Å². The number of pyridine rings is 1. The summed E-state index contributed by atoms with van der Waals surface area (Å²) in [6.07, 6.45) is 1.76. The molecule has 1 heterocycles. The van der Waals surface area contributed by atoms with Gasteiger partial charge in [0.15, 0.2) is 0 Å². The van der Waals surface area contributed by atoms with Crippen LogP contribution in [0.2, 0.25) is 0 Å². The summed E-state index contributed by atoms with van der Waals surface area (Å²) in [5.41, 5.74) is 0.915. The van der Waals surface area contributed by atoms with Crippen LogP contribution in [0.15, 0.2) is 53.1 Å². The third-order valence-electron chi connectivity index (χ3n) is 2.28. The second kappa shape index (κ2) is 7.13. The summed E-state index contributed by atoms with van der Waals surface area (Å²) in [7, 11) is 0. The van der Waals surface area contributed by atoms with Gasteiger partial charge in [0.1, 0.15) is 12.4 Å². The lowest BCUT2D eigenvalue weighted by Crippen LogP contribution is -2.07. The zero-order chi connectivity index (χ0) is 12.6. The maximum absolute atomic E-state index is 5.51. The zero-order valence-corrected chi connectivity index (χ0v) is 11.5. The fourth-order valence-corrected chi connectivity index (χ4v) is 1.64. The van der Waals surface area contributed by atoms with E-state index >= 15 is 0 Å². The molecule has 18 heavy (non-hydrogen) atoms. The highest BCUT2D eigenvalue weighted by Gasteiger charge is 1.96. The largest absolute Gasteiger partial charge is 0.491 e. The third kappa shape index (κ3) is 4.47. The summed E-state index contributed by atoms with van der Waals surface area (Å²) in [5, 5.41) is 0. The number of hydrogen-bond donors (Lipinski definition) is 0. The van der Waals surface area contributed by atoms with Crippen molar-refractivity contribution in [2.24, 2.45) is 0 Å². The Hall–Kier alpha value is -1.39. The smallest absolute Gasteiger partial charge is 0.119 e. The van der Waals surface area contributed by atoms with Gasteiger partial charge < -0.3 is 9.47 Å². The number of hydrogen-bond acceptors (Lipinski definition) is 3. The summed E-state index contributed by atoms with van der Waals surface area (Å²) in [5.74, 6) is 0.864. The number of benzene rings is 1. The number of nitrogens with zero attached hydrogens (tertiary/aromatic N) is 1. The summed E-state index contributed by atoms with van der Waals surface area (Å²) in [6.45, 7) is 1.60. The predicted molar refractivity (Wildman–Crippen MR) is 73.5 cm³/mol. The molecule has 0 spiro atoms. The number of halogens is 1. The number of aromatic nitrogens is 1. The Labute approximate surface area is 115 Å². The summed E-state index contributed by atoms with van der Waals surface area (Å²) in [4.78, 5) is 4.22. The minimum absolute atomic E-state index is 0.505. The molecule has 4 heteroatoms. The Morgan fingerprint density at radius 1 is 1.00 bits per heavy atom. The molecule has 1 aromatic carbocycles. The number of ether oxygens (including phenoxy) is 2. The van der Waals surface area contributed by atoms with E-state index in [1.165, 1.54) is 0 Å². The van der Waals surface area contributed by atoms with Crippen LogP contribution in [0.1, 0.15) is 5.69 Å². The van der Waals surface area contributed by atoms with Crippen molar-refractivity contribution < 1.29 is 9.47 Å². The lowest BCUT2D eigenvalue weighted by atomic mass is 10.3.